The lowest BCUT2D eigenvalue weighted by Gasteiger charge is -2.27. The van der Waals surface area contributed by atoms with Crippen LogP contribution in [0.4, 0.5) is 0 Å². The van der Waals surface area contributed by atoms with Crippen LogP contribution in [0.2, 0.25) is 0 Å². The topological polar surface area (TPSA) is 33.7 Å². The fraction of sp³-hybridized carbons (Fsp3) is 0.316. The zero-order chi connectivity index (χ0) is 14.8. The second kappa shape index (κ2) is 7.21. The molecule has 0 saturated carbocycles. The molecule has 1 saturated heterocycles. The SMILES string of the molecule is Cc1ccc([C@@H]2CC(=O)C[C@H](c3ccc(C)cc3)[NH2+]2)cc1.[Br-]. The Labute approximate surface area is 142 Å². The molecule has 1 fully saturated rings. The van der Waals surface area contributed by atoms with Crippen LogP contribution in [-0.2, 0) is 4.79 Å². The third kappa shape index (κ3) is 3.84. The number of ketones is 1. The number of nitrogens with two attached hydrogens (primary N) is 1. The summed E-state index contributed by atoms with van der Waals surface area (Å²) in [7, 11) is 0. The van der Waals surface area contributed by atoms with Crippen LogP contribution in [-0.4, -0.2) is 5.78 Å². The van der Waals surface area contributed by atoms with Gasteiger partial charge in [0.15, 0.2) is 0 Å². The molecule has 1 heterocycles. The summed E-state index contributed by atoms with van der Waals surface area (Å²) in [6.07, 6.45) is 1.29. The average molecular weight is 360 g/mol. The first-order valence-electron chi connectivity index (χ1n) is 7.61. The summed E-state index contributed by atoms with van der Waals surface area (Å²) in [5, 5.41) is 2.36. The smallest absolute Gasteiger partial charge is 0.145 e. The lowest BCUT2D eigenvalue weighted by atomic mass is 9.89. The molecule has 0 radical (unpaired) electrons. The Bertz CT molecular complexity index is 578. The molecule has 116 valence electrons. The first-order valence-corrected chi connectivity index (χ1v) is 7.61. The second-order valence-corrected chi connectivity index (χ2v) is 6.17. The maximum absolute atomic E-state index is 12.1. The van der Waals surface area contributed by atoms with Crippen LogP contribution in [0.3, 0.4) is 0 Å². The molecule has 3 rings (SSSR count). The average Bonchev–Trinajstić information content (AvgIpc) is 2.48. The summed E-state index contributed by atoms with van der Waals surface area (Å²) < 4.78 is 0. The Kier molecular flexibility index (Phi) is 5.54. The zero-order valence-electron chi connectivity index (χ0n) is 13.1. The van der Waals surface area contributed by atoms with E-state index in [1.807, 2.05) is 0 Å². The summed E-state index contributed by atoms with van der Waals surface area (Å²) in [4.78, 5) is 12.1. The van der Waals surface area contributed by atoms with E-state index in [2.05, 4.69) is 67.7 Å². The van der Waals surface area contributed by atoms with Crippen LogP contribution >= 0.6 is 0 Å². The van der Waals surface area contributed by atoms with Crippen molar-refractivity contribution in [2.24, 2.45) is 0 Å². The van der Waals surface area contributed by atoms with Gasteiger partial charge < -0.3 is 22.3 Å². The standard InChI is InChI=1S/C19H21NO.BrH/c1-13-3-7-15(8-4-13)18-11-17(21)12-19(20-18)16-9-5-14(2)6-10-16;/h3-10,18-20H,11-12H2,1-2H3;1H/t18-,19+;. The molecule has 0 amide bonds. The van der Waals surface area contributed by atoms with E-state index in [1.165, 1.54) is 22.3 Å². The van der Waals surface area contributed by atoms with Gasteiger partial charge in [0, 0.05) is 11.1 Å². The summed E-state index contributed by atoms with van der Waals surface area (Å²) in [5.41, 5.74) is 5.03. The number of piperidine rings is 1. The molecule has 1 aliphatic heterocycles. The van der Waals surface area contributed by atoms with Gasteiger partial charge >= 0.3 is 0 Å². The van der Waals surface area contributed by atoms with Crippen molar-refractivity contribution < 1.29 is 27.1 Å². The second-order valence-electron chi connectivity index (χ2n) is 6.17. The number of benzene rings is 2. The highest BCUT2D eigenvalue weighted by atomic mass is 79.9. The van der Waals surface area contributed by atoms with Gasteiger partial charge in [-0.05, 0) is 13.8 Å². The van der Waals surface area contributed by atoms with Crippen molar-refractivity contribution in [3.8, 4) is 0 Å². The van der Waals surface area contributed by atoms with Gasteiger partial charge in [-0.3, -0.25) is 4.79 Å². The minimum absolute atomic E-state index is 0. The first-order chi connectivity index (χ1) is 10.1. The number of Topliss-reactive ketones (excluding diaryl/α,β-unsaturated/α-hetero) is 1. The predicted molar refractivity (Wildman–Crippen MR) is 84.0 cm³/mol. The molecule has 1 aliphatic rings. The summed E-state index contributed by atoms with van der Waals surface area (Å²) in [6, 6.07) is 17.6. The highest BCUT2D eigenvalue weighted by Gasteiger charge is 2.32. The molecule has 2 atom stereocenters. The molecule has 0 spiro atoms. The number of carbonyl (C=O) groups excluding carboxylic acids is 1. The highest BCUT2D eigenvalue weighted by molar-refractivity contribution is 5.80. The van der Waals surface area contributed by atoms with E-state index >= 15 is 0 Å². The predicted octanol–water partition coefficient (Wildman–Crippen LogP) is 0.0161. The van der Waals surface area contributed by atoms with Crippen LogP contribution in [0.1, 0.15) is 47.2 Å². The molecular weight excluding hydrogens is 338 g/mol. The van der Waals surface area contributed by atoms with Gasteiger partial charge in [-0.1, -0.05) is 59.7 Å². The Morgan fingerprint density at radius 3 is 1.50 bits per heavy atom. The molecule has 2 nitrogen and oxygen atoms in total. The molecule has 2 aromatic carbocycles. The maximum atomic E-state index is 12.1. The molecule has 0 aliphatic carbocycles. The monoisotopic (exact) mass is 359 g/mol. The molecule has 22 heavy (non-hydrogen) atoms. The van der Waals surface area contributed by atoms with Gasteiger partial charge in [-0.25, -0.2) is 0 Å². The van der Waals surface area contributed by atoms with Gasteiger partial charge in [0.25, 0.3) is 0 Å². The van der Waals surface area contributed by atoms with Crippen molar-refractivity contribution in [1.29, 1.82) is 0 Å². The number of hydrogen-bond donors (Lipinski definition) is 1. The van der Waals surface area contributed by atoms with Crippen molar-refractivity contribution in [2.75, 3.05) is 0 Å². The van der Waals surface area contributed by atoms with Crippen molar-refractivity contribution in [3.63, 3.8) is 0 Å². The summed E-state index contributed by atoms with van der Waals surface area (Å²) in [5.74, 6) is 0.369. The van der Waals surface area contributed by atoms with Crippen molar-refractivity contribution in [2.45, 2.75) is 38.8 Å². The normalized spacial score (nSPS) is 21.3. The van der Waals surface area contributed by atoms with Gasteiger partial charge in [0.05, 0.1) is 12.8 Å². The highest BCUT2D eigenvalue weighted by Crippen LogP contribution is 2.24. The van der Waals surface area contributed by atoms with E-state index in [0.29, 0.717) is 18.6 Å². The van der Waals surface area contributed by atoms with Gasteiger partial charge in [0.2, 0.25) is 0 Å². The molecule has 0 unspecified atom stereocenters. The van der Waals surface area contributed by atoms with Crippen molar-refractivity contribution in [3.05, 3.63) is 70.8 Å². The fourth-order valence-electron chi connectivity index (χ4n) is 3.08. The number of halogens is 1. The Balaban J connectivity index is 0.00000176. The molecule has 3 heteroatoms. The molecular formula is C19H22BrNO. The van der Waals surface area contributed by atoms with E-state index in [4.69, 9.17) is 0 Å². The van der Waals surface area contributed by atoms with Crippen molar-refractivity contribution in [1.82, 2.24) is 0 Å². The number of hydrogen-bond acceptors (Lipinski definition) is 1. The molecule has 2 N–H and O–H groups in total. The number of quaternary nitrogens is 1. The third-order valence-corrected chi connectivity index (χ3v) is 4.37. The lowest BCUT2D eigenvalue weighted by Crippen LogP contribution is -3.00. The number of aryl methyl sites for hydroxylation is 2. The first kappa shape index (κ1) is 16.9. The van der Waals surface area contributed by atoms with Crippen LogP contribution in [0, 0.1) is 13.8 Å². The fourth-order valence-corrected chi connectivity index (χ4v) is 3.08. The quantitative estimate of drug-likeness (QED) is 0.805. The van der Waals surface area contributed by atoms with Crippen LogP contribution in [0.15, 0.2) is 48.5 Å². The van der Waals surface area contributed by atoms with E-state index in [1.54, 1.807) is 0 Å². The van der Waals surface area contributed by atoms with Crippen LogP contribution in [0.25, 0.3) is 0 Å². The minimum Gasteiger partial charge on any atom is -1.00 e. The largest absolute Gasteiger partial charge is 1.00 e. The van der Waals surface area contributed by atoms with E-state index in [-0.39, 0.29) is 29.1 Å². The van der Waals surface area contributed by atoms with E-state index < -0.39 is 0 Å². The summed E-state index contributed by atoms with van der Waals surface area (Å²) >= 11 is 0. The zero-order valence-corrected chi connectivity index (χ0v) is 14.6. The Hall–Kier alpha value is -1.45. The number of carbonyl (C=O) groups is 1. The molecule has 0 aromatic heterocycles. The maximum Gasteiger partial charge on any atom is 0.145 e. The Morgan fingerprint density at radius 2 is 1.14 bits per heavy atom. The number of rotatable bonds is 2. The molecule has 2 aromatic rings. The van der Waals surface area contributed by atoms with Crippen molar-refractivity contribution >= 4 is 5.78 Å². The molecule has 0 bridgehead atoms. The van der Waals surface area contributed by atoms with Gasteiger partial charge in [0.1, 0.15) is 17.9 Å². The minimum atomic E-state index is 0. The van der Waals surface area contributed by atoms with E-state index in [9.17, 15) is 4.79 Å². The van der Waals surface area contributed by atoms with Crippen LogP contribution in [0.5, 0.6) is 0 Å². The van der Waals surface area contributed by atoms with Gasteiger partial charge in [-0.15, -0.1) is 0 Å². The Morgan fingerprint density at radius 1 is 0.773 bits per heavy atom. The van der Waals surface area contributed by atoms with Crippen LogP contribution < -0.4 is 22.3 Å². The third-order valence-electron chi connectivity index (χ3n) is 4.37. The summed E-state index contributed by atoms with van der Waals surface area (Å²) in [6.45, 7) is 4.18. The lowest BCUT2D eigenvalue weighted by molar-refractivity contribution is -0.737. The van der Waals surface area contributed by atoms with Gasteiger partial charge in [-0.2, -0.15) is 0 Å². The van der Waals surface area contributed by atoms with E-state index in [0.717, 1.165) is 0 Å².